The average molecular weight is 205 g/mol. The molecule has 0 radical (unpaired) electrons. The van der Waals surface area contributed by atoms with Crippen LogP contribution in [0.1, 0.15) is 12.0 Å². The van der Waals surface area contributed by atoms with Crippen molar-refractivity contribution in [1.82, 2.24) is 9.97 Å². The van der Waals surface area contributed by atoms with E-state index >= 15 is 0 Å². The van der Waals surface area contributed by atoms with Gasteiger partial charge in [0.15, 0.2) is 11.2 Å². The van der Waals surface area contributed by atoms with Crippen LogP contribution in [0.3, 0.4) is 0 Å². The minimum Gasteiger partial charge on any atom is -0.406 e. The average Bonchev–Trinajstić information content (AvgIpc) is 2.57. The number of nitrogens with two attached hydrogens (primary N) is 1. The molecule has 0 atom stereocenters. The first-order chi connectivity index (χ1) is 7.29. The Bertz CT molecular complexity index is 539. The van der Waals surface area contributed by atoms with Gasteiger partial charge in [-0.3, -0.25) is 4.98 Å². The maximum absolute atomic E-state index is 10.9. The molecule has 2 aromatic rings. The minimum absolute atomic E-state index is 0.467. The third kappa shape index (κ3) is 2.13. The second-order valence-electron chi connectivity index (χ2n) is 3.11. The summed E-state index contributed by atoms with van der Waals surface area (Å²) in [4.78, 5) is 17.4. The van der Waals surface area contributed by atoms with Crippen molar-refractivity contribution in [3.8, 4) is 0 Å². The van der Waals surface area contributed by atoms with Crippen LogP contribution < -0.4 is 11.5 Å². The van der Waals surface area contributed by atoms with Crippen molar-refractivity contribution in [1.29, 1.82) is 0 Å². The zero-order valence-corrected chi connectivity index (χ0v) is 8.06. The molecule has 0 unspecified atom stereocenters. The van der Waals surface area contributed by atoms with Gasteiger partial charge in [-0.05, 0) is 24.6 Å². The van der Waals surface area contributed by atoms with E-state index in [0.29, 0.717) is 17.8 Å². The quantitative estimate of drug-likeness (QED) is 0.778. The first kappa shape index (κ1) is 9.67. The molecule has 0 aliphatic carbocycles. The second kappa shape index (κ2) is 4.10. The van der Waals surface area contributed by atoms with Gasteiger partial charge in [0.25, 0.3) is 0 Å². The number of oxazole rings is 1. The summed E-state index contributed by atoms with van der Waals surface area (Å²) in [7, 11) is 0. The minimum atomic E-state index is -0.486. The van der Waals surface area contributed by atoms with Gasteiger partial charge in [0.1, 0.15) is 0 Å². The summed E-state index contributed by atoms with van der Waals surface area (Å²) < 4.78 is 4.88. The Morgan fingerprint density at radius 3 is 3.27 bits per heavy atom. The molecule has 2 aromatic heterocycles. The Morgan fingerprint density at radius 2 is 2.47 bits per heavy atom. The first-order valence-corrected chi connectivity index (χ1v) is 4.65. The lowest BCUT2D eigenvalue weighted by Gasteiger charge is -1.91. The number of rotatable bonds is 3. The Balaban J connectivity index is 2.34. The monoisotopic (exact) mass is 205 g/mol. The lowest BCUT2D eigenvalue weighted by molar-refractivity contribution is 0.555. The molecule has 15 heavy (non-hydrogen) atoms. The van der Waals surface area contributed by atoms with E-state index in [1.807, 2.05) is 12.2 Å². The van der Waals surface area contributed by atoms with Crippen LogP contribution in [0.25, 0.3) is 17.3 Å². The molecule has 0 aromatic carbocycles. The van der Waals surface area contributed by atoms with Crippen LogP contribution in [0.4, 0.5) is 0 Å². The molecule has 5 heteroatoms. The highest BCUT2D eigenvalue weighted by Gasteiger charge is 2.01. The number of aromatic nitrogens is 2. The lowest BCUT2D eigenvalue weighted by atomic mass is 10.2. The fourth-order valence-corrected chi connectivity index (χ4v) is 1.26. The molecule has 78 valence electrons. The third-order valence-electron chi connectivity index (χ3n) is 1.94. The normalized spacial score (nSPS) is 11.5. The molecule has 2 heterocycles. The van der Waals surface area contributed by atoms with Crippen LogP contribution in [0.15, 0.2) is 27.6 Å². The number of aromatic amines is 1. The van der Waals surface area contributed by atoms with Crippen molar-refractivity contribution < 1.29 is 4.42 Å². The zero-order valence-electron chi connectivity index (χ0n) is 8.06. The van der Waals surface area contributed by atoms with Gasteiger partial charge in [-0.2, -0.15) is 0 Å². The summed E-state index contributed by atoms with van der Waals surface area (Å²) in [6.45, 7) is 0.616. The van der Waals surface area contributed by atoms with Gasteiger partial charge in [-0.15, -0.1) is 0 Å². The van der Waals surface area contributed by atoms with Crippen molar-refractivity contribution in [3.05, 3.63) is 34.5 Å². The van der Waals surface area contributed by atoms with Crippen molar-refractivity contribution in [2.24, 2.45) is 5.73 Å². The molecular weight excluding hydrogens is 194 g/mol. The Labute approximate surface area is 85.6 Å². The van der Waals surface area contributed by atoms with Crippen LogP contribution in [0, 0.1) is 0 Å². The number of H-pyrrole nitrogens is 1. The zero-order chi connectivity index (χ0) is 10.7. The highest BCUT2D eigenvalue weighted by atomic mass is 16.4. The van der Waals surface area contributed by atoms with Crippen molar-refractivity contribution in [2.75, 3.05) is 6.54 Å². The Hall–Kier alpha value is -1.88. The highest BCUT2D eigenvalue weighted by molar-refractivity contribution is 5.70. The number of fused-ring (bicyclic) bond motifs is 1. The molecule has 5 nitrogen and oxygen atoms in total. The molecule has 0 saturated heterocycles. The SMILES string of the molecule is NCCC=Cc1cnc2[nH]c(=O)oc2c1. The van der Waals surface area contributed by atoms with E-state index in [2.05, 4.69) is 9.97 Å². The van der Waals surface area contributed by atoms with E-state index < -0.39 is 5.76 Å². The van der Waals surface area contributed by atoms with Gasteiger partial charge in [-0.25, -0.2) is 9.78 Å². The fraction of sp³-hybridized carbons (Fsp3) is 0.200. The number of nitrogens with one attached hydrogen (secondary N) is 1. The predicted molar refractivity (Wildman–Crippen MR) is 57.3 cm³/mol. The molecule has 3 N–H and O–H groups in total. The highest BCUT2D eigenvalue weighted by Crippen LogP contribution is 2.10. The van der Waals surface area contributed by atoms with E-state index in [1.54, 1.807) is 12.3 Å². The van der Waals surface area contributed by atoms with Crippen LogP contribution in [0.2, 0.25) is 0 Å². The van der Waals surface area contributed by atoms with Crippen molar-refractivity contribution in [3.63, 3.8) is 0 Å². The summed E-state index contributed by atoms with van der Waals surface area (Å²) in [5, 5.41) is 0. The molecule has 0 fully saturated rings. The number of hydrogen-bond acceptors (Lipinski definition) is 4. The van der Waals surface area contributed by atoms with Crippen LogP contribution in [-0.2, 0) is 0 Å². The van der Waals surface area contributed by atoms with Gasteiger partial charge in [0, 0.05) is 6.20 Å². The summed E-state index contributed by atoms with van der Waals surface area (Å²) in [5.41, 5.74) is 7.18. The van der Waals surface area contributed by atoms with Gasteiger partial charge < -0.3 is 10.2 Å². The molecule has 0 saturated carbocycles. The Morgan fingerprint density at radius 1 is 1.60 bits per heavy atom. The number of pyridine rings is 1. The van der Waals surface area contributed by atoms with Crippen LogP contribution in [-0.4, -0.2) is 16.5 Å². The van der Waals surface area contributed by atoms with E-state index in [9.17, 15) is 4.79 Å². The fourth-order valence-electron chi connectivity index (χ4n) is 1.26. The van der Waals surface area contributed by atoms with Gasteiger partial charge in [0.2, 0.25) is 0 Å². The topological polar surface area (TPSA) is 84.9 Å². The number of nitrogens with zero attached hydrogens (tertiary/aromatic N) is 1. The summed E-state index contributed by atoms with van der Waals surface area (Å²) in [5.74, 6) is -0.486. The predicted octanol–water partition coefficient (Wildman–Crippen LogP) is 0.878. The first-order valence-electron chi connectivity index (χ1n) is 4.65. The second-order valence-corrected chi connectivity index (χ2v) is 3.11. The maximum atomic E-state index is 10.9. The van der Waals surface area contributed by atoms with Crippen molar-refractivity contribution in [2.45, 2.75) is 6.42 Å². The van der Waals surface area contributed by atoms with E-state index in [4.69, 9.17) is 10.2 Å². The molecule has 0 amide bonds. The smallest absolute Gasteiger partial charge is 0.406 e. The van der Waals surface area contributed by atoms with Crippen LogP contribution >= 0.6 is 0 Å². The molecule has 0 spiro atoms. The van der Waals surface area contributed by atoms with Gasteiger partial charge in [-0.1, -0.05) is 12.2 Å². The standard InChI is InChI=1S/C10H11N3O2/c11-4-2-1-3-7-5-8-9(12-6-7)13-10(14)15-8/h1,3,5-6H,2,4,11H2,(H,12,13,14). The molecule has 0 aliphatic heterocycles. The molecule has 0 bridgehead atoms. The van der Waals surface area contributed by atoms with E-state index in [-0.39, 0.29) is 0 Å². The Kier molecular flexibility index (Phi) is 2.64. The number of hydrogen-bond donors (Lipinski definition) is 2. The molecule has 0 aliphatic rings. The van der Waals surface area contributed by atoms with E-state index in [0.717, 1.165) is 12.0 Å². The largest absolute Gasteiger partial charge is 0.418 e. The van der Waals surface area contributed by atoms with E-state index in [1.165, 1.54) is 0 Å². The summed E-state index contributed by atoms with van der Waals surface area (Å²) in [6, 6.07) is 1.76. The van der Waals surface area contributed by atoms with Gasteiger partial charge >= 0.3 is 5.76 Å². The maximum Gasteiger partial charge on any atom is 0.418 e. The van der Waals surface area contributed by atoms with Gasteiger partial charge in [0.05, 0.1) is 0 Å². The molecule has 2 rings (SSSR count). The van der Waals surface area contributed by atoms with Crippen LogP contribution in [0.5, 0.6) is 0 Å². The summed E-state index contributed by atoms with van der Waals surface area (Å²) >= 11 is 0. The summed E-state index contributed by atoms with van der Waals surface area (Å²) in [6.07, 6.45) is 6.33. The third-order valence-corrected chi connectivity index (χ3v) is 1.94. The lowest BCUT2D eigenvalue weighted by Crippen LogP contribution is -1.94. The van der Waals surface area contributed by atoms with Crippen molar-refractivity contribution >= 4 is 17.3 Å². The molecular formula is C10H11N3O2.